The third kappa shape index (κ3) is 4.63. The summed E-state index contributed by atoms with van der Waals surface area (Å²) in [5.41, 5.74) is 1.97. The smallest absolute Gasteiger partial charge is 0.354 e. The molecule has 0 unspecified atom stereocenters. The largest absolute Gasteiger partial charge is 0.461 e. The maximum absolute atomic E-state index is 11.6. The average Bonchev–Trinajstić information content (AvgIpc) is 3.01. The molecule has 5 heteroatoms. The SMILES string of the molecule is CCOC(=O)c1cc(C=CC(=O)OCc2ccccc2)c[nH]1. The van der Waals surface area contributed by atoms with Gasteiger partial charge in [-0.15, -0.1) is 0 Å². The zero-order valence-electron chi connectivity index (χ0n) is 12.2. The van der Waals surface area contributed by atoms with Gasteiger partial charge in [0.15, 0.2) is 0 Å². The number of benzene rings is 1. The Morgan fingerprint density at radius 3 is 2.68 bits per heavy atom. The van der Waals surface area contributed by atoms with E-state index in [1.165, 1.54) is 6.08 Å². The molecule has 1 aromatic heterocycles. The monoisotopic (exact) mass is 299 g/mol. The fourth-order valence-corrected chi connectivity index (χ4v) is 1.78. The van der Waals surface area contributed by atoms with Gasteiger partial charge < -0.3 is 14.5 Å². The van der Waals surface area contributed by atoms with Crippen LogP contribution in [0.5, 0.6) is 0 Å². The predicted molar refractivity (Wildman–Crippen MR) is 82.0 cm³/mol. The van der Waals surface area contributed by atoms with E-state index in [0.717, 1.165) is 5.56 Å². The molecule has 1 heterocycles. The van der Waals surface area contributed by atoms with Crippen LogP contribution in [0.1, 0.15) is 28.5 Å². The maximum atomic E-state index is 11.6. The molecule has 1 N–H and O–H groups in total. The first-order valence-corrected chi connectivity index (χ1v) is 6.93. The van der Waals surface area contributed by atoms with E-state index >= 15 is 0 Å². The first-order valence-electron chi connectivity index (χ1n) is 6.93. The van der Waals surface area contributed by atoms with Crippen LogP contribution in [0.25, 0.3) is 6.08 Å². The first kappa shape index (κ1) is 15.6. The molecule has 0 radical (unpaired) electrons. The Hall–Kier alpha value is -2.82. The van der Waals surface area contributed by atoms with Gasteiger partial charge in [0.25, 0.3) is 0 Å². The highest BCUT2D eigenvalue weighted by atomic mass is 16.5. The molecule has 0 bridgehead atoms. The second-order valence-electron chi connectivity index (χ2n) is 4.49. The summed E-state index contributed by atoms with van der Waals surface area (Å²) in [6.45, 7) is 2.28. The van der Waals surface area contributed by atoms with Crippen LogP contribution in [0.4, 0.5) is 0 Å². The van der Waals surface area contributed by atoms with Crippen LogP contribution in [0.2, 0.25) is 0 Å². The standard InChI is InChI=1S/C17H17NO4/c1-2-21-17(20)15-10-14(11-18-15)8-9-16(19)22-12-13-6-4-3-5-7-13/h3-11,18H,2,12H2,1H3. The van der Waals surface area contributed by atoms with Crippen LogP contribution in [0, 0.1) is 0 Å². The zero-order chi connectivity index (χ0) is 15.8. The number of aromatic amines is 1. The normalized spacial score (nSPS) is 10.6. The minimum Gasteiger partial charge on any atom is -0.461 e. The molecular weight excluding hydrogens is 282 g/mol. The Labute approximate surface area is 128 Å². The van der Waals surface area contributed by atoms with Gasteiger partial charge in [-0.25, -0.2) is 9.59 Å². The van der Waals surface area contributed by atoms with Gasteiger partial charge >= 0.3 is 11.9 Å². The Bertz CT molecular complexity index is 658. The average molecular weight is 299 g/mol. The van der Waals surface area contributed by atoms with E-state index in [4.69, 9.17) is 9.47 Å². The molecule has 0 aliphatic carbocycles. The van der Waals surface area contributed by atoms with E-state index in [0.29, 0.717) is 17.9 Å². The molecule has 2 rings (SSSR count). The van der Waals surface area contributed by atoms with Crippen LogP contribution in [0.15, 0.2) is 48.7 Å². The zero-order valence-corrected chi connectivity index (χ0v) is 12.2. The van der Waals surface area contributed by atoms with Gasteiger partial charge in [-0.1, -0.05) is 30.3 Å². The minimum atomic E-state index is -0.442. The first-order chi connectivity index (χ1) is 10.7. The maximum Gasteiger partial charge on any atom is 0.354 e. The van der Waals surface area contributed by atoms with E-state index in [1.54, 1.807) is 25.3 Å². The highest BCUT2D eigenvalue weighted by molar-refractivity contribution is 5.90. The summed E-state index contributed by atoms with van der Waals surface area (Å²) in [5, 5.41) is 0. The number of aromatic nitrogens is 1. The van der Waals surface area contributed by atoms with Gasteiger partial charge in [0.2, 0.25) is 0 Å². The number of ether oxygens (including phenoxy) is 2. The van der Waals surface area contributed by atoms with Crippen molar-refractivity contribution in [3.05, 3.63) is 65.5 Å². The van der Waals surface area contributed by atoms with Crippen molar-refractivity contribution in [3.63, 3.8) is 0 Å². The van der Waals surface area contributed by atoms with E-state index in [2.05, 4.69) is 4.98 Å². The molecule has 114 valence electrons. The summed E-state index contributed by atoms with van der Waals surface area (Å²) in [4.78, 5) is 25.9. The van der Waals surface area contributed by atoms with Crippen molar-refractivity contribution in [2.24, 2.45) is 0 Å². The van der Waals surface area contributed by atoms with Gasteiger partial charge in [-0.3, -0.25) is 0 Å². The second-order valence-corrected chi connectivity index (χ2v) is 4.49. The quantitative estimate of drug-likeness (QED) is 0.657. The van der Waals surface area contributed by atoms with Crippen LogP contribution in [0.3, 0.4) is 0 Å². The number of carbonyl (C=O) groups is 2. The molecule has 5 nitrogen and oxygen atoms in total. The lowest BCUT2D eigenvalue weighted by molar-refractivity contribution is -0.138. The highest BCUT2D eigenvalue weighted by Gasteiger charge is 2.08. The van der Waals surface area contributed by atoms with Gasteiger partial charge in [-0.05, 0) is 30.2 Å². The number of hydrogen-bond acceptors (Lipinski definition) is 4. The molecule has 0 amide bonds. The van der Waals surface area contributed by atoms with Gasteiger partial charge in [0, 0.05) is 12.3 Å². The Morgan fingerprint density at radius 1 is 1.18 bits per heavy atom. The number of hydrogen-bond donors (Lipinski definition) is 1. The van der Waals surface area contributed by atoms with Gasteiger partial charge in [0.1, 0.15) is 12.3 Å². The molecule has 0 saturated carbocycles. The molecule has 0 aliphatic heterocycles. The fourth-order valence-electron chi connectivity index (χ4n) is 1.78. The van der Waals surface area contributed by atoms with E-state index in [9.17, 15) is 9.59 Å². The summed E-state index contributed by atoms with van der Waals surface area (Å²) in [7, 11) is 0. The Balaban J connectivity index is 1.86. The van der Waals surface area contributed by atoms with Crippen molar-refractivity contribution in [1.82, 2.24) is 4.98 Å². The summed E-state index contributed by atoms with van der Waals surface area (Å²) >= 11 is 0. The van der Waals surface area contributed by atoms with Gasteiger partial charge in [-0.2, -0.15) is 0 Å². The summed E-state index contributed by atoms with van der Waals surface area (Å²) in [6.07, 6.45) is 4.51. The van der Waals surface area contributed by atoms with E-state index in [1.807, 2.05) is 30.3 Å². The van der Waals surface area contributed by atoms with Crippen LogP contribution < -0.4 is 0 Å². The number of nitrogens with one attached hydrogen (secondary N) is 1. The molecule has 0 fully saturated rings. The van der Waals surface area contributed by atoms with Crippen molar-refractivity contribution >= 4 is 18.0 Å². The van der Waals surface area contributed by atoms with Crippen molar-refractivity contribution in [1.29, 1.82) is 0 Å². The molecule has 0 saturated heterocycles. The summed E-state index contributed by atoms with van der Waals surface area (Å²) < 4.78 is 9.98. The third-order valence-corrected chi connectivity index (χ3v) is 2.84. The lowest BCUT2D eigenvalue weighted by Gasteiger charge is -2.01. The molecule has 1 aromatic carbocycles. The van der Waals surface area contributed by atoms with E-state index in [-0.39, 0.29) is 6.61 Å². The minimum absolute atomic E-state index is 0.227. The summed E-state index contributed by atoms with van der Waals surface area (Å²) in [5.74, 6) is -0.864. The van der Waals surface area contributed by atoms with Crippen LogP contribution in [-0.4, -0.2) is 23.5 Å². The number of esters is 2. The van der Waals surface area contributed by atoms with Crippen molar-refractivity contribution < 1.29 is 19.1 Å². The molecule has 2 aromatic rings. The lowest BCUT2D eigenvalue weighted by Crippen LogP contribution is -2.04. The molecule has 0 atom stereocenters. The number of H-pyrrole nitrogens is 1. The highest BCUT2D eigenvalue weighted by Crippen LogP contribution is 2.08. The van der Waals surface area contributed by atoms with Gasteiger partial charge in [0.05, 0.1) is 6.61 Å². The van der Waals surface area contributed by atoms with Crippen molar-refractivity contribution in [2.75, 3.05) is 6.61 Å². The topological polar surface area (TPSA) is 68.4 Å². The van der Waals surface area contributed by atoms with Crippen molar-refractivity contribution in [3.8, 4) is 0 Å². The van der Waals surface area contributed by atoms with Crippen LogP contribution in [-0.2, 0) is 20.9 Å². The molecule has 0 aliphatic rings. The third-order valence-electron chi connectivity index (χ3n) is 2.84. The molecular formula is C17H17NO4. The van der Waals surface area contributed by atoms with Crippen LogP contribution >= 0.6 is 0 Å². The number of rotatable bonds is 6. The lowest BCUT2D eigenvalue weighted by atomic mass is 10.2. The molecule has 0 spiro atoms. The Kier molecular flexibility index (Phi) is 5.54. The van der Waals surface area contributed by atoms with E-state index < -0.39 is 11.9 Å². The fraction of sp³-hybridized carbons (Fsp3) is 0.176. The number of carbonyl (C=O) groups excluding carboxylic acids is 2. The molecule has 22 heavy (non-hydrogen) atoms. The predicted octanol–water partition coefficient (Wildman–Crippen LogP) is 2.95. The summed E-state index contributed by atoms with van der Waals surface area (Å²) in [6, 6.07) is 11.0. The Morgan fingerprint density at radius 2 is 1.95 bits per heavy atom. The second kappa shape index (κ2) is 7.83. The van der Waals surface area contributed by atoms with Crippen molar-refractivity contribution in [2.45, 2.75) is 13.5 Å².